The summed E-state index contributed by atoms with van der Waals surface area (Å²) in [4.78, 5) is 26.1. The number of carbonyl (C=O) groups excluding carboxylic acids is 2. The van der Waals surface area contributed by atoms with Crippen LogP contribution in [0.25, 0.3) is 0 Å². The van der Waals surface area contributed by atoms with Crippen LogP contribution in [0.5, 0.6) is 0 Å². The molecule has 7 heteroatoms. The average molecular weight is 348 g/mol. The zero-order valence-electron chi connectivity index (χ0n) is 14.8. The number of anilines is 2. The van der Waals surface area contributed by atoms with E-state index in [2.05, 4.69) is 5.32 Å². The fourth-order valence-electron chi connectivity index (χ4n) is 3.13. The van der Waals surface area contributed by atoms with Crippen LogP contribution in [0.3, 0.4) is 0 Å². The van der Waals surface area contributed by atoms with E-state index in [1.54, 1.807) is 18.1 Å². The SMILES string of the molecule is COCN1C(=O)CCc2cc(NC(=O)C3COCC(C)(C)O3)ccc21. The first-order valence-corrected chi connectivity index (χ1v) is 8.38. The maximum Gasteiger partial charge on any atom is 0.255 e. The number of ether oxygens (including phenoxy) is 3. The van der Waals surface area contributed by atoms with Gasteiger partial charge >= 0.3 is 0 Å². The maximum atomic E-state index is 12.4. The number of carbonyl (C=O) groups is 2. The number of fused-ring (bicyclic) bond motifs is 1. The van der Waals surface area contributed by atoms with Gasteiger partial charge in [-0.25, -0.2) is 0 Å². The lowest BCUT2D eigenvalue weighted by atomic mass is 10.0. The van der Waals surface area contributed by atoms with Gasteiger partial charge in [0.05, 0.1) is 18.8 Å². The van der Waals surface area contributed by atoms with Crippen LogP contribution in [-0.4, -0.2) is 50.6 Å². The van der Waals surface area contributed by atoms with E-state index < -0.39 is 11.7 Å². The molecule has 0 aromatic heterocycles. The molecule has 2 amide bonds. The summed E-state index contributed by atoms with van der Waals surface area (Å²) >= 11 is 0. The number of methoxy groups -OCH3 is 1. The second-order valence-corrected chi connectivity index (χ2v) is 6.95. The van der Waals surface area contributed by atoms with Gasteiger partial charge in [0.1, 0.15) is 6.73 Å². The average Bonchev–Trinajstić information content (AvgIpc) is 2.56. The van der Waals surface area contributed by atoms with Gasteiger partial charge in [-0.15, -0.1) is 0 Å². The minimum Gasteiger partial charge on any atom is -0.375 e. The molecular formula is C18H24N2O5. The largest absolute Gasteiger partial charge is 0.375 e. The van der Waals surface area contributed by atoms with Gasteiger partial charge in [-0.05, 0) is 44.0 Å². The van der Waals surface area contributed by atoms with Crippen LogP contribution in [0.15, 0.2) is 18.2 Å². The molecule has 0 radical (unpaired) electrons. The highest BCUT2D eigenvalue weighted by atomic mass is 16.6. The highest BCUT2D eigenvalue weighted by Crippen LogP contribution is 2.30. The first-order valence-electron chi connectivity index (χ1n) is 8.38. The zero-order valence-corrected chi connectivity index (χ0v) is 14.8. The Balaban J connectivity index is 1.72. The molecule has 1 aromatic rings. The molecule has 3 rings (SSSR count). The Hall–Kier alpha value is -1.96. The van der Waals surface area contributed by atoms with Gasteiger partial charge < -0.3 is 19.5 Å². The number of rotatable bonds is 4. The summed E-state index contributed by atoms with van der Waals surface area (Å²) in [5.74, 6) is -0.186. The van der Waals surface area contributed by atoms with Crippen molar-refractivity contribution < 1.29 is 23.8 Å². The third kappa shape index (κ3) is 4.00. The molecule has 1 N–H and O–H groups in total. The van der Waals surface area contributed by atoms with E-state index in [1.807, 2.05) is 26.0 Å². The van der Waals surface area contributed by atoms with E-state index in [-0.39, 0.29) is 25.2 Å². The molecule has 136 valence electrons. The lowest BCUT2D eigenvalue weighted by Crippen LogP contribution is -2.48. The van der Waals surface area contributed by atoms with Crippen LogP contribution < -0.4 is 10.2 Å². The minimum absolute atomic E-state index is 0.0427. The lowest BCUT2D eigenvalue weighted by Gasteiger charge is -2.35. The monoisotopic (exact) mass is 348 g/mol. The first-order chi connectivity index (χ1) is 11.9. The predicted octanol–water partition coefficient (Wildman–Crippen LogP) is 1.70. The van der Waals surface area contributed by atoms with Crippen molar-refractivity contribution in [2.24, 2.45) is 0 Å². The van der Waals surface area contributed by atoms with Gasteiger partial charge in [0.15, 0.2) is 6.10 Å². The van der Waals surface area contributed by atoms with Crippen LogP contribution >= 0.6 is 0 Å². The molecule has 1 saturated heterocycles. The Labute approximate surface area is 147 Å². The molecule has 7 nitrogen and oxygen atoms in total. The third-order valence-electron chi connectivity index (χ3n) is 4.28. The number of nitrogens with one attached hydrogen (secondary N) is 1. The Kier molecular flexibility index (Phi) is 5.08. The first kappa shape index (κ1) is 17.8. The van der Waals surface area contributed by atoms with E-state index in [9.17, 15) is 9.59 Å². The Morgan fingerprint density at radius 3 is 2.92 bits per heavy atom. The van der Waals surface area contributed by atoms with Gasteiger partial charge in [-0.3, -0.25) is 14.5 Å². The second-order valence-electron chi connectivity index (χ2n) is 6.95. The zero-order chi connectivity index (χ0) is 18.0. The normalized spacial score (nSPS) is 22.4. The summed E-state index contributed by atoms with van der Waals surface area (Å²) in [6.07, 6.45) is 0.446. The Morgan fingerprint density at radius 2 is 2.20 bits per heavy atom. The van der Waals surface area contributed by atoms with E-state index in [0.29, 0.717) is 25.1 Å². The van der Waals surface area contributed by atoms with E-state index in [1.165, 1.54) is 0 Å². The van der Waals surface area contributed by atoms with Crippen LogP contribution in [0.2, 0.25) is 0 Å². The van der Waals surface area contributed by atoms with Crippen molar-refractivity contribution in [1.82, 2.24) is 0 Å². The molecule has 1 unspecified atom stereocenters. The number of amides is 2. The van der Waals surface area contributed by atoms with Crippen LogP contribution in [0.1, 0.15) is 25.8 Å². The molecule has 2 heterocycles. The molecule has 1 fully saturated rings. The third-order valence-corrected chi connectivity index (χ3v) is 4.28. The van der Waals surface area contributed by atoms with Crippen molar-refractivity contribution in [1.29, 1.82) is 0 Å². The van der Waals surface area contributed by atoms with Gasteiger partial charge in [0.2, 0.25) is 5.91 Å². The Morgan fingerprint density at radius 1 is 1.40 bits per heavy atom. The van der Waals surface area contributed by atoms with Crippen LogP contribution in [-0.2, 0) is 30.2 Å². The second kappa shape index (κ2) is 7.11. The maximum absolute atomic E-state index is 12.4. The van der Waals surface area contributed by atoms with Crippen molar-refractivity contribution in [3.63, 3.8) is 0 Å². The van der Waals surface area contributed by atoms with Crippen LogP contribution in [0, 0.1) is 0 Å². The molecular weight excluding hydrogens is 324 g/mol. The molecule has 25 heavy (non-hydrogen) atoms. The lowest BCUT2D eigenvalue weighted by molar-refractivity contribution is -0.186. The van der Waals surface area contributed by atoms with Gasteiger partial charge in [0.25, 0.3) is 5.91 Å². The summed E-state index contributed by atoms with van der Waals surface area (Å²) in [6, 6.07) is 5.52. The molecule has 2 aliphatic heterocycles. The highest BCUT2D eigenvalue weighted by molar-refractivity contribution is 5.98. The van der Waals surface area contributed by atoms with Crippen molar-refractivity contribution in [2.45, 2.75) is 38.4 Å². The highest BCUT2D eigenvalue weighted by Gasteiger charge is 2.33. The standard InChI is InChI=1S/C18H24N2O5/c1-18(2)10-24-9-15(25-18)17(22)19-13-5-6-14-12(8-13)4-7-16(21)20(14)11-23-3/h5-6,8,15H,4,7,9-11H2,1-3H3,(H,19,22). The molecule has 0 saturated carbocycles. The van der Waals surface area contributed by atoms with E-state index in [0.717, 1.165) is 11.3 Å². The number of benzene rings is 1. The van der Waals surface area contributed by atoms with Crippen molar-refractivity contribution in [3.8, 4) is 0 Å². The summed E-state index contributed by atoms with van der Waals surface area (Å²) in [7, 11) is 1.56. The number of hydrogen-bond acceptors (Lipinski definition) is 5. The van der Waals surface area contributed by atoms with Crippen LogP contribution in [0.4, 0.5) is 11.4 Å². The summed E-state index contributed by atoms with van der Waals surface area (Å²) < 4.78 is 16.3. The summed E-state index contributed by atoms with van der Waals surface area (Å²) in [6.45, 7) is 4.73. The Bertz CT molecular complexity index is 673. The molecule has 1 aromatic carbocycles. The number of nitrogens with zero attached hydrogens (tertiary/aromatic N) is 1. The molecule has 0 spiro atoms. The molecule has 0 bridgehead atoms. The molecule has 1 atom stereocenters. The number of hydrogen-bond donors (Lipinski definition) is 1. The topological polar surface area (TPSA) is 77.1 Å². The molecule has 0 aliphatic carbocycles. The van der Waals surface area contributed by atoms with E-state index in [4.69, 9.17) is 14.2 Å². The van der Waals surface area contributed by atoms with Crippen molar-refractivity contribution >= 4 is 23.2 Å². The van der Waals surface area contributed by atoms with E-state index >= 15 is 0 Å². The molecule has 2 aliphatic rings. The van der Waals surface area contributed by atoms with Gasteiger partial charge in [-0.2, -0.15) is 0 Å². The predicted molar refractivity (Wildman–Crippen MR) is 92.5 cm³/mol. The quantitative estimate of drug-likeness (QED) is 0.896. The van der Waals surface area contributed by atoms with Crippen molar-refractivity contribution in [3.05, 3.63) is 23.8 Å². The fourth-order valence-corrected chi connectivity index (χ4v) is 3.13. The fraction of sp³-hybridized carbons (Fsp3) is 0.556. The van der Waals surface area contributed by atoms with Gasteiger partial charge in [0, 0.05) is 24.9 Å². The summed E-state index contributed by atoms with van der Waals surface area (Å²) in [5.41, 5.74) is 2.05. The minimum atomic E-state index is -0.633. The van der Waals surface area contributed by atoms with Crippen molar-refractivity contribution in [2.75, 3.05) is 37.3 Å². The smallest absolute Gasteiger partial charge is 0.255 e. The number of aryl methyl sites for hydroxylation is 1. The van der Waals surface area contributed by atoms with Gasteiger partial charge in [-0.1, -0.05) is 0 Å². The summed E-state index contributed by atoms with van der Waals surface area (Å²) in [5, 5.41) is 2.88.